The second-order valence-corrected chi connectivity index (χ2v) is 6.89. The summed E-state index contributed by atoms with van der Waals surface area (Å²) < 4.78 is 106. The lowest BCUT2D eigenvalue weighted by molar-refractivity contribution is -0.138. The molecule has 2 atom stereocenters. The maximum Gasteiger partial charge on any atom is 0.408 e. The quantitative estimate of drug-likeness (QED) is 0.663. The third-order valence-corrected chi connectivity index (χ3v) is 4.49. The van der Waals surface area contributed by atoms with Gasteiger partial charge in [-0.2, -0.15) is 41.6 Å². The zero-order valence-corrected chi connectivity index (χ0v) is 16.2. The Morgan fingerprint density at radius 2 is 1.73 bits per heavy atom. The van der Waals surface area contributed by atoms with Crippen molar-refractivity contribution in [3.05, 3.63) is 11.7 Å². The molecule has 0 radical (unpaired) electrons. The van der Waals surface area contributed by atoms with Gasteiger partial charge in [-0.3, -0.25) is 0 Å². The first-order valence-electron chi connectivity index (χ1n) is 8.36. The Bertz CT molecular complexity index is 826. The minimum absolute atomic E-state index is 0. The molecule has 30 heavy (non-hydrogen) atoms. The van der Waals surface area contributed by atoms with Crippen molar-refractivity contribution in [2.75, 3.05) is 23.3 Å². The molecule has 1 aromatic rings. The van der Waals surface area contributed by atoms with Gasteiger partial charge in [-0.05, 0) is 13.3 Å². The molecule has 0 aromatic carbocycles. The summed E-state index contributed by atoms with van der Waals surface area (Å²) in [5, 5.41) is 11.3. The molecule has 15 heteroatoms. The summed E-state index contributed by atoms with van der Waals surface area (Å²) >= 11 is 0. The van der Waals surface area contributed by atoms with Crippen LogP contribution in [0.25, 0.3) is 5.57 Å². The molecule has 0 amide bonds. The van der Waals surface area contributed by atoms with E-state index in [4.69, 9.17) is 0 Å². The minimum atomic E-state index is -4.70. The molecule has 0 bridgehead atoms. The number of rotatable bonds is 4. The van der Waals surface area contributed by atoms with E-state index in [1.54, 1.807) is 0 Å². The maximum absolute atomic E-state index is 14.3. The number of hydrogen-bond acceptors (Lipinski definition) is 6. The first kappa shape index (κ1) is 24.4. The normalized spacial score (nSPS) is 24.1. The Labute approximate surface area is 171 Å². The van der Waals surface area contributed by atoms with Crippen LogP contribution >= 0.6 is 13.5 Å². The molecule has 1 fully saturated rings. The lowest BCUT2D eigenvalue weighted by Gasteiger charge is -2.38. The lowest BCUT2D eigenvalue weighted by Crippen LogP contribution is -2.57. The van der Waals surface area contributed by atoms with Crippen LogP contribution in [-0.4, -0.2) is 63.3 Å². The van der Waals surface area contributed by atoms with Crippen LogP contribution in [0, 0.1) is 0 Å². The zero-order chi connectivity index (χ0) is 21.8. The highest BCUT2D eigenvalue weighted by Gasteiger charge is 2.48. The number of nitrogens with one attached hydrogen (secondary N) is 1. The van der Waals surface area contributed by atoms with Crippen molar-refractivity contribution in [2.24, 2.45) is 0 Å². The monoisotopic (exact) mass is 467 g/mol. The fourth-order valence-electron chi connectivity index (χ4n) is 2.75. The van der Waals surface area contributed by atoms with Crippen molar-refractivity contribution >= 4 is 31.0 Å². The number of nitrogens with zero attached hydrogens (tertiary/aromatic N) is 4. The Morgan fingerprint density at radius 3 is 2.27 bits per heavy atom. The van der Waals surface area contributed by atoms with Crippen molar-refractivity contribution in [1.29, 1.82) is 0 Å². The Morgan fingerprint density at radius 1 is 1.13 bits per heavy atom. The number of allylic oxidation sites excluding steroid dienone is 1. The lowest BCUT2D eigenvalue weighted by atomic mass is 9.92. The van der Waals surface area contributed by atoms with Gasteiger partial charge in [0.15, 0.2) is 11.9 Å². The van der Waals surface area contributed by atoms with Gasteiger partial charge in [0, 0.05) is 12.0 Å². The van der Waals surface area contributed by atoms with Crippen LogP contribution in [-0.2, 0) is 0 Å². The highest BCUT2D eigenvalue weighted by Crippen LogP contribution is 2.41. The number of aliphatic hydroxyl groups excluding tert-OH is 1. The topological polar surface area (TPSA) is 74.2 Å². The van der Waals surface area contributed by atoms with Crippen LogP contribution in [0.1, 0.15) is 25.6 Å². The van der Waals surface area contributed by atoms with E-state index in [2.05, 4.69) is 15.0 Å². The van der Waals surface area contributed by atoms with Crippen molar-refractivity contribution < 1.29 is 40.2 Å². The molecule has 1 aliphatic heterocycles. The van der Waals surface area contributed by atoms with Crippen LogP contribution in [0.2, 0.25) is 0 Å². The number of aliphatic hydroxyl groups is 1. The molecule has 2 aliphatic rings. The molecule has 2 N–H and O–H groups in total. The predicted octanol–water partition coefficient (Wildman–Crippen LogP) is 3.27. The van der Waals surface area contributed by atoms with Crippen LogP contribution in [0.5, 0.6) is 0 Å². The highest BCUT2D eigenvalue weighted by atomic mass is 32.1. The number of hydrogen-bond donors (Lipinski definition) is 2. The molecule has 0 saturated carbocycles. The summed E-state index contributed by atoms with van der Waals surface area (Å²) in [5.74, 6) is -10.2. The first-order chi connectivity index (χ1) is 13.2. The second kappa shape index (κ2) is 7.98. The number of anilines is 2. The van der Waals surface area contributed by atoms with Gasteiger partial charge in [0.1, 0.15) is 11.9 Å². The van der Waals surface area contributed by atoms with E-state index < -0.39 is 85.2 Å². The molecule has 0 spiro atoms. The van der Waals surface area contributed by atoms with Gasteiger partial charge in [-0.15, -0.1) is 0 Å². The first-order valence-corrected chi connectivity index (χ1v) is 8.36. The maximum atomic E-state index is 14.3. The summed E-state index contributed by atoms with van der Waals surface area (Å²) in [6, 6.07) is -2.15. The second-order valence-electron chi connectivity index (χ2n) is 6.89. The summed E-state index contributed by atoms with van der Waals surface area (Å²) in [4.78, 5) is 11.9. The molecule has 3 rings (SSSR count). The summed E-state index contributed by atoms with van der Waals surface area (Å²) in [6.07, 6.45) is -9.06. The Kier molecular flexibility index (Phi) is 6.48. The van der Waals surface area contributed by atoms with Crippen LogP contribution < -0.4 is 10.2 Å². The summed E-state index contributed by atoms with van der Waals surface area (Å²) in [6.45, 7) is -0.911. The van der Waals surface area contributed by atoms with Crippen molar-refractivity contribution in [3.8, 4) is 0 Å². The standard InChI is InChI=1S/C15H15F8N5O.H2S/c1-6(15(21,22)23)24-11-25-10(7-2-3-14(19,20)9(29)8(7)16)26-12(27-11)28-4-13(17,18)5-28;/h6,9,29H,2-5H2,1H3,(H,24,25,26,27);1H2. The zero-order valence-electron chi connectivity index (χ0n) is 15.2. The van der Waals surface area contributed by atoms with Gasteiger partial charge in [0.25, 0.3) is 11.8 Å². The van der Waals surface area contributed by atoms with E-state index in [1.807, 2.05) is 5.32 Å². The Balaban J connectivity index is 0.00000320. The van der Waals surface area contributed by atoms with Gasteiger partial charge in [-0.1, -0.05) is 0 Å². The largest absolute Gasteiger partial charge is 0.408 e. The summed E-state index contributed by atoms with van der Waals surface area (Å²) in [5.41, 5.74) is -0.554. The third-order valence-electron chi connectivity index (χ3n) is 4.49. The number of alkyl halides is 7. The van der Waals surface area contributed by atoms with E-state index in [-0.39, 0.29) is 13.5 Å². The van der Waals surface area contributed by atoms with Crippen molar-refractivity contribution in [1.82, 2.24) is 15.0 Å². The van der Waals surface area contributed by atoms with Crippen molar-refractivity contribution in [3.63, 3.8) is 0 Å². The minimum Gasteiger partial charge on any atom is -0.380 e. The van der Waals surface area contributed by atoms with Crippen LogP contribution in [0.4, 0.5) is 47.0 Å². The van der Waals surface area contributed by atoms with E-state index in [0.717, 1.165) is 11.8 Å². The molecule has 1 aromatic heterocycles. The van der Waals surface area contributed by atoms with Gasteiger partial charge in [0.05, 0.1) is 13.1 Å². The Hall–Kier alpha value is -1.90. The van der Waals surface area contributed by atoms with E-state index >= 15 is 0 Å². The van der Waals surface area contributed by atoms with Crippen LogP contribution in [0.15, 0.2) is 5.83 Å². The number of halogens is 8. The average Bonchev–Trinajstić information content (AvgIpc) is 2.56. The average molecular weight is 467 g/mol. The van der Waals surface area contributed by atoms with E-state index in [1.165, 1.54) is 0 Å². The van der Waals surface area contributed by atoms with Gasteiger partial charge >= 0.3 is 6.18 Å². The molecular formula is C15H17F8N5OS. The fraction of sp³-hybridized carbons (Fsp3) is 0.667. The molecule has 2 heterocycles. The molecule has 6 nitrogen and oxygen atoms in total. The van der Waals surface area contributed by atoms with Crippen molar-refractivity contribution in [2.45, 2.75) is 49.9 Å². The van der Waals surface area contributed by atoms with Gasteiger partial charge < -0.3 is 15.3 Å². The van der Waals surface area contributed by atoms with E-state index in [9.17, 15) is 40.2 Å². The fourth-order valence-corrected chi connectivity index (χ4v) is 2.75. The van der Waals surface area contributed by atoms with Gasteiger partial charge in [0.2, 0.25) is 11.9 Å². The van der Waals surface area contributed by atoms with E-state index in [0.29, 0.717) is 0 Å². The molecule has 1 aliphatic carbocycles. The highest BCUT2D eigenvalue weighted by molar-refractivity contribution is 7.59. The smallest absolute Gasteiger partial charge is 0.380 e. The molecule has 170 valence electrons. The molecular weight excluding hydrogens is 450 g/mol. The summed E-state index contributed by atoms with van der Waals surface area (Å²) in [7, 11) is 0. The molecule has 2 unspecified atom stereocenters. The predicted molar refractivity (Wildman–Crippen MR) is 94.7 cm³/mol. The number of aromatic nitrogens is 3. The van der Waals surface area contributed by atoms with Crippen LogP contribution in [0.3, 0.4) is 0 Å². The SMILES string of the molecule is CC(Nc1nc(C2=C(F)C(O)C(F)(F)CC2)nc(N2CC(F)(F)C2)n1)C(F)(F)F.S. The van der Waals surface area contributed by atoms with Gasteiger partial charge in [-0.25, -0.2) is 22.0 Å². The molecule has 1 saturated heterocycles. The third kappa shape index (κ3) is 4.87.